The Morgan fingerprint density at radius 1 is 1.32 bits per heavy atom. The summed E-state index contributed by atoms with van der Waals surface area (Å²) in [5, 5.41) is 8.14. The van der Waals surface area contributed by atoms with Gasteiger partial charge in [0.2, 0.25) is 0 Å². The molecule has 1 spiro atoms. The van der Waals surface area contributed by atoms with Gasteiger partial charge in [-0.1, -0.05) is 31.5 Å². The molecule has 0 saturated carbocycles. The van der Waals surface area contributed by atoms with Crippen molar-refractivity contribution in [1.29, 1.82) is 0 Å². The second kappa shape index (κ2) is 9.21. The van der Waals surface area contributed by atoms with Crippen molar-refractivity contribution in [2.45, 2.75) is 44.4 Å². The van der Waals surface area contributed by atoms with Gasteiger partial charge >= 0.3 is 12.1 Å². The first-order chi connectivity index (χ1) is 14.6. The zero-order chi connectivity index (χ0) is 22.6. The number of alkyl halides is 3. The molecule has 1 amide bonds. The fourth-order valence-corrected chi connectivity index (χ4v) is 4.13. The van der Waals surface area contributed by atoms with Crippen LogP contribution in [0.15, 0.2) is 36.5 Å². The Hall–Kier alpha value is -2.68. The molecule has 3 heterocycles. The highest BCUT2D eigenvalue weighted by Gasteiger charge is 2.44. The molecule has 2 aromatic rings. The number of carboxylic acids is 1. The third-order valence-corrected chi connectivity index (χ3v) is 5.77. The molecular weight excluding hydrogens is 413 g/mol. The molecule has 2 fully saturated rings. The SMILES string of the molecule is CCC1COC2(CCCN(C(=O)c3cnc4ccccc4c3)C2)C1.O=C(O)C(F)(F)F. The van der Waals surface area contributed by atoms with Crippen LogP contribution in [0.25, 0.3) is 10.9 Å². The summed E-state index contributed by atoms with van der Waals surface area (Å²) in [5.74, 6) is -2.04. The second-order valence-corrected chi connectivity index (χ2v) is 8.02. The predicted molar refractivity (Wildman–Crippen MR) is 108 cm³/mol. The van der Waals surface area contributed by atoms with E-state index in [0.29, 0.717) is 11.5 Å². The van der Waals surface area contributed by atoms with Crippen molar-refractivity contribution in [3.63, 3.8) is 0 Å². The van der Waals surface area contributed by atoms with E-state index in [9.17, 15) is 18.0 Å². The van der Waals surface area contributed by atoms with Gasteiger partial charge in [-0.15, -0.1) is 0 Å². The summed E-state index contributed by atoms with van der Waals surface area (Å²) >= 11 is 0. The van der Waals surface area contributed by atoms with Crippen LogP contribution in [0, 0.1) is 5.92 Å². The molecule has 9 heteroatoms. The largest absolute Gasteiger partial charge is 0.490 e. The Morgan fingerprint density at radius 3 is 2.68 bits per heavy atom. The molecule has 2 saturated heterocycles. The number of benzene rings is 1. The number of nitrogens with zero attached hydrogens (tertiary/aromatic N) is 2. The summed E-state index contributed by atoms with van der Waals surface area (Å²) in [7, 11) is 0. The van der Waals surface area contributed by atoms with E-state index in [1.165, 1.54) is 0 Å². The Kier molecular flexibility index (Phi) is 6.83. The van der Waals surface area contributed by atoms with Crippen LogP contribution in [0.3, 0.4) is 0 Å². The maximum Gasteiger partial charge on any atom is 0.490 e. The number of hydrogen-bond donors (Lipinski definition) is 1. The predicted octanol–water partition coefficient (Wildman–Crippen LogP) is 4.29. The lowest BCUT2D eigenvalue weighted by Crippen LogP contribution is -2.50. The molecule has 0 radical (unpaired) electrons. The average Bonchev–Trinajstić information content (AvgIpc) is 3.14. The quantitative estimate of drug-likeness (QED) is 0.757. The number of hydrogen-bond acceptors (Lipinski definition) is 4. The summed E-state index contributed by atoms with van der Waals surface area (Å²) in [4.78, 5) is 28.3. The molecule has 168 valence electrons. The van der Waals surface area contributed by atoms with E-state index >= 15 is 0 Å². The first kappa shape index (κ1) is 23.0. The minimum absolute atomic E-state index is 0.0795. The van der Waals surface area contributed by atoms with Crippen LogP contribution in [0.4, 0.5) is 13.2 Å². The lowest BCUT2D eigenvalue weighted by Gasteiger charge is -2.39. The van der Waals surface area contributed by atoms with Crippen molar-refractivity contribution in [2.24, 2.45) is 5.92 Å². The van der Waals surface area contributed by atoms with Crippen molar-refractivity contribution >= 4 is 22.8 Å². The van der Waals surface area contributed by atoms with Gasteiger partial charge < -0.3 is 14.7 Å². The fraction of sp³-hybridized carbons (Fsp3) is 0.500. The van der Waals surface area contributed by atoms with Gasteiger partial charge in [0.25, 0.3) is 5.91 Å². The van der Waals surface area contributed by atoms with Gasteiger partial charge in [-0.05, 0) is 37.3 Å². The monoisotopic (exact) mass is 438 g/mol. The van der Waals surface area contributed by atoms with Crippen molar-refractivity contribution in [2.75, 3.05) is 19.7 Å². The van der Waals surface area contributed by atoms with Crippen molar-refractivity contribution < 1.29 is 32.6 Å². The Balaban J connectivity index is 0.000000339. The molecule has 2 aliphatic heterocycles. The fourth-order valence-electron chi connectivity index (χ4n) is 4.13. The molecule has 2 atom stereocenters. The topological polar surface area (TPSA) is 79.7 Å². The molecule has 2 aliphatic rings. The van der Waals surface area contributed by atoms with Gasteiger partial charge in [-0.3, -0.25) is 9.78 Å². The Labute approximate surface area is 178 Å². The Morgan fingerprint density at radius 2 is 2.03 bits per heavy atom. The minimum Gasteiger partial charge on any atom is -0.475 e. The summed E-state index contributed by atoms with van der Waals surface area (Å²) in [5.41, 5.74) is 1.49. The molecule has 1 N–H and O–H groups in total. The zero-order valence-corrected chi connectivity index (χ0v) is 17.2. The van der Waals surface area contributed by atoms with E-state index in [1.807, 2.05) is 35.2 Å². The van der Waals surface area contributed by atoms with E-state index in [2.05, 4.69) is 11.9 Å². The third kappa shape index (κ3) is 5.52. The number of pyridine rings is 1. The highest BCUT2D eigenvalue weighted by atomic mass is 19.4. The maximum atomic E-state index is 13.0. The number of fused-ring (bicyclic) bond motifs is 1. The number of carbonyl (C=O) groups excluding carboxylic acids is 1. The van der Waals surface area contributed by atoms with E-state index in [4.69, 9.17) is 14.6 Å². The van der Waals surface area contributed by atoms with Crippen molar-refractivity contribution in [1.82, 2.24) is 9.88 Å². The number of rotatable bonds is 2. The van der Waals surface area contributed by atoms with E-state index in [-0.39, 0.29) is 11.5 Å². The summed E-state index contributed by atoms with van der Waals surface area (Å²) in [6, 6.07) is 9.87. The highest BCUT2D eigenvalue weighted by Crippen LogP contribution is 2.38. The number of aromatic nitrogens is 1. The third-order valence-electron chi connectivity index (χ3n) is 5.77. The van der Waals surface area contributed by atoms with Crippen LogP contribution in [0.5, 0.6) is 0 Å². The molecule has 0 bridgehead atoms. The number of aliphatic carboxylic acids is 1. The molecular formula is C22H25F3N2O4. The standard InChI is InChI=1S/C20H24N2O2.C2HF3O2/c1-2-15-11-20(24-13-15)8-5-9-22(14-20)19(23)17-10-16-6-3-4-7-18(16)21-12-17;3-2(4,5)1(6)7/h3-4,6-7,10,12,15H,2,5,8-9,11,13-14H2,1H3;(H,6,7). The number of ether oxygens (including phenoxy) is 1. The number of halogens is 3. The molecule has 6 nitrogen and oxygen atoms in total. The summed E-state index contributed by atoms with van der Waals surface area (Å²) < 4.78 is 37.9. The van der Waals surface area contributed by atoms with Gasteiger partial charge in [-0.25, -0.2) is 4.79 Å². The van der Waals surface area contributed by atoms with E-state index in [1.54, 1.807) is 6.20 Å². The number of carbonyl (C=O) groups is 2. The van der Waals surface area contributed by atoms with Crippen LogP contribution in [0.1, 0.15) is 43.0 Å². The highest BCUT2D eigenvalue weighted by molar-refractivity contribution is 5.97. The lowest BCUT2D eigenvalue weighted by molar-refractivity contribution is -0.192. The zero-order valence-electron chi connectivity index (χ0n) is 17.2. The van der Waals surface area contributed by atoms with Crippen LogP contribution in [-0.2, 0) is 9.53 Å². The number of piperidine rings is 1. The van der Waals surface area contributed by atoms with Gasteiger partial charge in [0.05, 0.1) is 23.3 Å². The van der Waals surface area contributed by atoms with Gasteiger partial charge in [-0.2, -0.15) is 13.2 Å². The normalized spacial score (nSPS) is 23.5. The van der Waals surface area contributed by atoms with Crippen molar-refractivity contribution in [3.8, 4) is 0 Å². The van der Waals surface area contributed by atoms with Gasteiger partial charge in [0.15, 0.2) is 0 Å². The Bertz CT molecular complexity index is 950. The van der Waals surface area contributed by atoms with Crippen LogP contribution in [-0.4, -0.2) is 58.3 Å². The first-order valence-corrected chi connectivity index (χ1v) is 10.2. The summed E-state index contributed by atoms with van der Waals surface area (Å²) in [6.45, 7) is 4.60. The minimum atomic E-state index is -5.08. The number of amides is 1. The molecule has 0 aliphatic carbocycles. The van der Waals surface area contributed by atoms with Crippen LogP contribution in [0.2, 0.25) is 0 Å². The number of likely N-dealkylation sites (tertiary alicyclic amines) is 1. The van der Waals surface area contributed by atoms with Crippen molar-refractivity contribution in [3.05, 3.63) is 42.1 Å². The molecule has 2 unspecified atom stereocenters. The number of carboxylic acid groups (broad SMARTS) is 1. The summed E-state index contributed by atoms with van der Waals surface area (Å²) in [6.07, 6.45) is 0.955. The molecule has 1 aromatic heterocycles. The molecule has 31 heavy (non-hydrogen) atoms. The molecule has 1 aromatic carbocycles. The second-order valence-electron chi connectivity index (χ2n) is 8.02. The first-order valence-electron chi connectivity index (χ1n) is 10.2. The van der Waals surface area contributed by atoms with Gasteiger partial charge in [0.1, 0.15) is 0 Å². The van der Waals surface area contributed by atoms with E-state index in [0.717, 1.165) is 56.3 Å². The maximum absolute atomic E-state index is 13.0. The molecule has 4 rings (SSSR count). The van der Waals surface area contributed by atoms with Crippen LogP contribution < -0.4 is 0 Å². The van der Waals surface area contributed by atoms with Crippen LogP contribution >= 0.6 is 0 Å². The smallest absolute Gasteiger partial charge is 0.475 e. The van der Waals surface area contributed by atoms with E-state index < -0.39 is 12.1 Å². The number of para-hydroxylation sites is 1. The average molecular weight is 438 g/mol. The van der Waals surface area contributed by atoms with Gasteiger partial charge in [0, 0.05) is 24.7 Å². The lowest BCUT2D eigenvalue weighted by atomic mass is 9.85.